The smallest absolute Gasteiger partial charge is 0.165 e. The summed E-state index contributed by atoms with van der Waals surface area (Å²) in [6.45, 7) is 6.60. The Hall–Kier alpha value is -2.86. The summed E-state index contributed by atoms with van der Waals surface area (Å²) in [7, 11) is 1.44. The summed E-state index contributed by atoms with van der Waals surface area (Å²) in [6, 6.07) is 11.2. The standard InChI is InChI=1S/C22H23FN2O3/c1-14-22(15(2)26)18-12-19(23)21(27-3)13-20(18)25(14)17-6-4-16(5-7-17)24-8-10-28-11-9-24/h4-7,12-13H,8-11H2,1-3H3. The lowest BCUT2D eigenvalue weighted by molar-refractivity contribution is 0.101. The lowest BCUT2D eigenvalue weighted by Gasteiger charge is -2.29. The maximum atomic E-state index is 14.3. The third-order valence-corrected chi connectivity index (χ3v) is 5.31. The van der Waals surface area contributed by atoms with Crippen LogP contribution in [0.2, 0.25) is 0 Å². The molecular weight excluding hydrogens is 359 g/mol. The number of carbonyl (C=O) groups is 1. The third kappa shape index (κ3) is 3.03. The Labute approximate surface area is 163 Å². The Bertz CT molecular complexity index is 1030. The van der Waals surface area contributed by atoms with Gasteiger partial charge in [0.1, 0.15) is 0 Å². The molecule has 28 heavy (non-hydrogen) atoms. The summed E-state index contributed by atoms with van der Waals surface area (Å²) >= 11 is 0. The molecule has 146 valence electrons. The van der Waals surface area contributed by atoms with Gasteiger partial charge in [-0.25, -0.2) is 4.39 Å². The predicted molar refractivity (Wildman–Crippen MR) is 108 cm³/mol. The van der Waals surface area contributed by atoms with Gasteiger partial charge in [-0.3, -0.25) is 4.79 Å². The molecule has 1 aliphatic heterocycles. The van der Waals surface area contributed by atoms with E-state index in [-0.39, 0.29) is 11.5 Å². The molecule has 0 atom stereocenters. The highest BCUT2D eigenvalue weighted by atomic mass is 19.1. The fraction of sp³-hybridized carbons (Fsp3) is 0.318. The molecule has 0 bridgehead atoms. The van der Waals surface area contributed by atoms with E-state index in [0.717, 1.165) is 48.9 Å². The van der Waals surface area contributed by atoms with Gasteiger partial charge in [0.2, 0.25) is 0 Å². The fourth-order valence-electron chi connectivity index (χ4n) is 3.98. The van der Waals surface area contributed by atoms with Crippen LogP contribution in [0.5, 0.6) is 5.75 Å². The Morgan fingerprint density at radius 3 is 2.36 bits per heavy atom. The van der Waals surface area contributed by atoms with Crippen molar-refractivity contribution in [2.75, 3.05) is 38.3 Å². The highest BCUT2D eigenvalue weighted by molar-refractivity contribution is 6.09. The monoisotopic (exact) mass is 382 g/mol. The van der Waals surface area contributed by atoms with Gasteiger partial charge in [-0.2, -0.15) is 0 Å². The predicted octanol–water partition coefficient (Wildman–Crippen LogP) is 4.13. The number of aromatic nitrogens is 1. The van der Waals surface area contributed by atoms with Crippen LogP contribution in [0.1, 0.15) is 23.0 Å². The van der Waals surface area contributed by atoms with E-state index in [9.17, 15) is 9.18 Å². The van der Waals surface area contributed by atoms with Gasteiger partial charge in [0.15, 0.2) is 17.3 Å². The van der Waals surface area contributed by atoms with Crippen LogP contribution in [0.15, 0.2) is 36.4 Å². The molecule has 0 N–H and O–H groups in total. The number of carbonyl (C=O) groups excluding carboxylic acids is 1. The van der Waals surface area contributed by atoms with Crippen molar-refractivity contribution in [2.45, 2.75) is 13.8 Å². The SMILES string of the molecule is COc1cc2c(cc1F)c(C(C)=O)c(C)n2-c1ccc(N2CCOCC2)cc1. The molecule has 0 radical (unpaired) electrons. The summed E-state index contributed by atoms with van der Waals surface area (Å²) in [5, 5.41) is 0.598. The second-order valence-electron chi connectivity index (χ2n) is 6.97. The first-order chi connectivity index (χ1) is 13.5. The van der Waals surface area contributed by atoms with Crippen molar-refractivity contribution < 1.29 is 18.7 Å². The van der Waals surface area contributed by atoms with Crippen LogP contribution in [-0.2, 0) is 4.74 Å². The summed E-state index contributed by atoms with van der Waals surface area (Å²) < 4.78 is 26.9. The largest absolute Gasteiger partial charge is 0.494 e. The van der Waals surface area contributed by atoms with Gasteiger partial charge < -0.3 is 18.9 Å². The summed E-state index contributed by atoms with van der Waals surface area (Å²) in [4.78, 5) is 14.6. The number of anilines is 1. The van der Waals surface area contributed by atoms with E-state index in [1.807, 2.05) is 23.6 Å². The second kappa shape index (κ2) is 7.28. The molecule has 1 fully saturated rings. The highest BCUT2D eigenvalue weighted by Crippen LogP contribution is 2.34. The Morgan fingerprint density at radius 1 is 1.11 bits per heavy atom. The quantitative estimate of drug-likeness (QED) is 0.637. The summed E-state index contributed by atoms with van der Waals surface area (Å²) in [5.41, 5.74) is 4.13. The molecular formula is C22H23FN2O3. The molecule has 4 rings (SSSR count). The summed E-state index contributed by atoms with van der Waals surface area (Å²) in [6.07, 6.45) is 0. The van der Waals surface area contributed by atoms with E-state index in [0.29, 0.717) is 10.9 Å². The van der Waals surface area contributed by atoms with Crippen molar-refractivity contribution in [1.82, 2.24) is 4.57 Å². The van der Waals surface area contributed by atoms with Gasteiger partial charge in [0.25, 0.3) is 0 Å². The van der Waals surface area contributed by atoms with Crippen molar-refractivity contribution in [3.8, 4) is 11.4 Å². The number of rotatable bonds is 4. The fourth-order valence-corrected chi connectivity index (χ4v) is 3.98. The van der Waals surface area contributed by atoms with Crippen molar-refractivity contribution in [2.24, 2.45) is 0 Å². The van der Waals surface area contributed by atoms with Gasteiger partial charge in [-0.05, 0) is 44.2 Å². The molecule has 0 aliphatic carbocycles. The third-order valence-electron chi connectivity index (χ3n) is 5.31. The van der Waals surface area contributed by atoms with E-state index in [1.165, 1.54) is 20.1 Å². The Kier molecular flexibility index (Phi) is 4.81. The molecule has 1 aliphatic rings. The van der Waals surface area contributed by atoms with Crippen LogP contribution >= 0.6 is 0 Å². The van der Waals surface area contributed by atoms with Crippen LogP contribution < -0.4 is 9.64 Å². The van der Waals surface area contributed by atoms with Crippen LogP contribution in [0.25, 0.3) is 16.6 Å². The molecule has 0 saturated carbocycles. The first-order valence-corrected chi connectivity index (χ1v) is 9.34. The van der Waals surface area contributed by atoms with Crippen molar-refractivity contribution in [3.05, 3.63) is 53.5 Å². The zero-order chi connectivity index (χ0) is 19.8. The van der Waals surface area contributed by atoms with E-state index in [1.54, 1.807) is 6.07 Å². The average Bonchev–Trinajstić information content (AvgIpc) is 2.99. The number of ketones is 1. The van der Waals surface area contributed by atoms with E-state index < -0.39 is 5.82 Å². The molecule has 2 heterocycles. The first kappa shape index (κ1) is 18.5. The van der Waals surface area contributed by atoms with Crippen LogP contribution in [0.3, 0.4) is 0 Å². The van der Waals surface area contributed by atoms with Crippen molar-refractivity contribution >= 4 is 22.4 Å². The lowest BCUT2D eigenvalue weighted by atomic mass is 10.1. The Morgan fingerprint density at radius 2 is 1.75 bits per heavy atom. The maximum Gasteiger partial charge on any atom is 0.165 e. The van der Waals surface area contributed by atoms with E-state index >= 15 is 0 Å². The number of Topliss-reactive ketones (excluding diaryl/α,β-unsaturated/α-hetero) is 1. The summed E-state index contributed by atoms with van der Waals surface area (Å²) in [5.74, 6) is -0.403. The number of benzene rings is 2. The minimum absolute atomic E-state index is 0.0873. The zero-order valence-corrected chi connectivity index (χ0v) is 16.3. The molecule has 1 saturated heterocycles. The number of nitrogens with zero attached hydrogens (tertiary/aromatic N) is 2. The number of ether oxygens (including phenoxy) is 2. The van der Waals surface area contributed by atoms with Gasteiger partial charge in [0, 0.05) is 47.2 Å². The number of methoxy groups -OCH3 is 1. The van der Waals surface area contributed by atoms with Crippen LogP contribution in [0.4, 0.5) is 10.1 Å². The molecule has 3 aromatic rings. The van der Waals surface area contributed by atoms with Crippen molar-refractivity contribution in [1.29, 1.82) is 0 Å². The molecule has 0 unspecified atom stereocenters. The first-order valence-electron chi connectivity index (χ1n) is 9.34. The molecule has 0 amide bonds. The highest BCUT2D eigenvalue weighted by Gasteiger charge is 2.21. The van der Waals surface area contributed by atoms with Gasteiger partial charge in [-0.15, -0.1) is 0 Å². The molecule has 1 aromatic heterocycles. The van der Waals surface area contributed by atoms with Crippen LogP contribution in [0, 0.1) is 12.7 Å². The number of fused-ring (bicyclic) bond motifs is 1. The molecule has 6 heteroatoms. The minimum Gasteiger partial charge on any atom is -0.494 e. The van der Waals surface area contributed by atoms with Crippen LogP contribution in [-0.4, -0.2) is 43.8 Å². The Balaban J connectivity index is 1.85. The normalized spacial score (nSPS) is 14.5. The second-order valence-corrected chi connectivity index (χ2v) is 6.97. The molecule has 5 nitrogen and oxygen atoms in total. The number of halogens is 1. The number of morpholine rings is 1. The van der Waals surface area contributed by atoms with E-state index in [4.69, 9.17) is 9.47 Å². The lowest BCUT2D eigenvalue weighted by Crippen LogP contribution is -2.36. The number of hydrogen-bond donors (Lipinski definition) is 0. The number of hydrogen-bond acceptors (Lipinski definition) is 4. The topological polar surface area (TPSA) is 43.7 Å². The average molecular weight is 382 g/mol. The molecule has 2 aromatic carbocycles. The maximum absolute atomic E-state index is 14.3. The van der Waals surface area contributed by atoms with E-state index in [2.05, 4.69) is 17.0 Å². The zero-order valence-electron chi connectivity index (χ0n) is 16.3. The van der Waals surface area contributed by atoms with Gasteiger partial charge >= 0.3 is 0 Å². The van der Waals surface area contributed by atoms with Gasteiger partial charge in [0.05, 0.1) is 25.8 Å². The van der Waals surface area contributed by atoms with Gasteiger partial charge in [-0.1, -0.05) is 0 Å². The minimum atomic E-state index is -0.475. The molecule has 0 spiro atoms. The van der Waals surface area contributed by atoms with Crippen molar-refractivity contribution in [3.63, 3.8) is 0 Å².